The molecule has 1 aromatic rings. The summed E-state index contributed by atoms with van der Waals surface area (Å²) in [5.74, 6) is -3.85. The first kappa shape index (κ1) is 17.3. The van der Waals surface area contributed by atoms with Crippen LogP contribution in [0.3, 0.4) is 0 Å². The van der Waals surface area contributed by atoms with Gasteiger partial charge in [0.2, 0.25) is 0 Å². The first-order chi connectivity index (χ1) is 9.51. The number of rotatable bonds is 3. The van der Waals surface area contributed by atoms with Crippen LogP contribution in [0.25, 0.3) is 0 Å². The summed E-state index contributed by atoms with van der Waals surface area (Å²) in [4.78, 5) is 14.6. The Morgan fingerprint density at radius 3 is 2.24 bits per heavy atom. The third-order valence-electron chi connectivity index (χ3n) is 2.15. The monoisotopic (exact) mass is 337 g/mol. The van der Waals surface area contributed by atoms with Crippen molar-refractivity contribution in [2.75, 3.05) is 7.11 Å². The van der Waals surface area contributed by atoms with Crippen LogP contribution in [0, 0.1) is 0 Å². The van der Waals surface area contributed by atoms with Gasteiger partial charge in [-0.05, 0) is 0 Å². The molecule has 1 rings (SSSR count). The van der Waals surface area contributed by atoms with Gasteiger partial charge < -0.3 is 9.47 Å². The molecule has 0 unspecified atom stereocenters. The number of ether oxygens (including phenoxy) is 2. The molecule has 1 heterocycles. The fourth-order valence-corrected chi connectivity index (χ4v) is 1.65. The van der Waals surface area contributed by atoms with E-state index in [2.05, 4.69) is 14.5 Å². The smallest absolute Gasteiger partial charge is 0.465 e. The van der Waals surface area contributed by atoms with Crippen LogP contribution in [-0.2, 0) is 16.8 Å². The number of hydrogen-bond acceptors (Lipinski definition) is 4. The van der Waals surface area contributed by atoms with Crippen molar-refractivity contribution in [3.05, 3.63) is 23.0 Å². The maximum absolute atomic E-state index is 13.0. The largest absolute Gasteiger partial charge is 0.573 e. The standard InChI is InChI=1S/C10H6ClF6NO3/c1-20-8(19)6-5(21-10(15,16)17)3-18-4(2-11)7(6)9(12,13)14/h3H,2H2,1H3. The normalized spacial score (nSPS) is 12.2. The Bertz CT molecular complexity index is 543. The number of esters is 1. The van der Waals surface area contributed by atoms with Crippen LogP contribution in [-0.4, -0.2) is 24.4 Å². The molecule has 0 N–H and O–H groups in total. The van der Waals surface area contributed by atoms with Gasteiger partial charge in [0, 0.05) is 0 Å². The first-order valence-corrected chi connectivity index (χ1v) is 5.53. The number of halogens is 7. The number of carbonyl (C=O) groups excluding carboxylic acids is 1. The third-order valence-corrected chi connectivity index (χ3v) is 2.40. The molecular weight excluding hydrogens is 332 g/mol. The lowest BCUT2D eigenvalue weighted by molar-refractivity contribution is -0.275. The maximum Gasteiger partial charge on any atom is 0.573 e. The molecule has 0 saturated carbocycles. The lowest BCUT2D eigenvalue weighted by Crippen LogP contribution is -2.23. The predicted octanol–water partition coefficient (Wildman–Crippen LogP) is 3.52. The Labute approximate surface area is 118 Å². The average Bonchev–Trinajstić information content (AvgIpc) is 2.34. The second-order valence-corrected chi connectivity index (χ2v) is 3.76. The molecule has 0 atom stereocenters. The zero-order chi connectivity index (χ0) is 16.4. The minimum atomic E-state index is -5.31. The molecule has 0 radical (unpaired) electrons. The Balaban J connectivity index is 3.64. The molecular formula is C10H6ClF6NO3. The molecule has 0 aromatic carbocycles. The summed E-state index contributed by atoms with van der Waals surface area (Å²) >= 11 is 5.27. The van der Waals surface area contributed by atoms with E-state index >= 15 is 0 Å². The molecule has 0 aliphatic heterocycles. The molecule has 1 aromatic heterocycles. The van der Waals surface area contributed by atoms with Gasteiger partial charge in [-0.15, -0.1) is 24.8 Å². The van der Waals surface area contributed by atoms with E-state index in [0.29, 0.717) is 13.3 Å². The van der Waals surface area contributed by atoms with Crippen LogP contribution in [0.15, 0.2) is 6.20 Å². The van der Waals surface area contributed by atoms with Crippen molar-refractivity contribution in [1.29, 1.82) is 0 Å². The van der Waals surface area contributed by atoms with Crippen molar-refractivity contribution < 1.29 is 40.6 Å². The lowest BCUT2D eigenvalue weighted by atomic mass is 10.1. The molecule has 0 spiro atoms. The zero-order valence-electron chi connectivity index (χ0n) is 10.1. The highest BCUT2D eigenvalue weighted by atomic mass is 35.5. The van der Waals surface area contributed by atoms with E-state index in [1.54, 1.807) is 0 Å². The van der Waals surface area contributed by atoms with Gasteiger partial charge in [0.05, 0.1) is 30.4 Å². The summed E-state index contributed by atoms with van der Waals surface area (Å²) in [7, 11) is 0.709. The van der Waals surface area contributed by atoms with E-state index in [9.17, 15) is 31.1 Å². The van der Waals surface area contributed by atoms with Gasteiger partial charge in [0.15, 0.2) is 5.75 Å². The Hall–Kier alpha value is -1.71. The number of pyridine rings is 1. The molecule has 0 saturated heterocycles. The Morgan fingerprint density at radius 1 is 1.29 bits per heavy atom. The molecule has 0 amide bonds. The van der Waals surface area contributed by atoms with Crippen LogP contribution in [0.1, 0.15) is 21.6 Å². The summed E-state index contributed by atoms with van der Waals surface area (Å²) in [5.41, 5.74) is -3.99. The predicted molar refractivity (Wildman–Crippen MR) is 56.8 cm³/mol. The molecule has 0 bridgehead atoms. The van der Waals surface area contributed by atoms with Crippen LogP contribution in [0.5, 0.6) is 5.75 Å². The van der Waals surface area contributed by atoms with Crippen LogP contribution < -0.4 is 4.74 Å². The minimum absolute atomic E-state index is 0.326. The topological polar surface area (TPSA) is 48.4 Å². The number of aromatic nitrogens is 1. The molecule has 118 valence electrons. The molecule has 0 aliphatic rings. The van der Waals surface area contributed by atoms with Crippen LogP contribution in [0.2, 0.25) is 0 Å². The second kappa shape index (κ2) is 5.96. The van der Waals surface area contributed by atoms with E-state index in [4.69, 9.17) is 11.6 Å². The van der Waals surface area contributed by atoms with E-state index in [-0.39, 0.29) is 0 Å². The van der Waals surface area contributed by atoms with Gasteiger partial charge in [0.25, 0.3) is 0 Å². The van der Waals surface area contributed by atoms with Crippen molar-refractivity contribution in [2.45, 2.75) is 18.4 Å². The van der Waals surface area contributed by atoms with Gasteiger partial charge in [0.1, 0.15) is 5.56 Å². The van der Waals surface area contributed by atoms with E-state index in [1.165, 1.54) is 0 Å². The van der Waals surface area contributed by atoms with Gasteiger partial charge >= 0.3 is 18.5 Å². The molecule has 0 fully saturated rings. The third kappa shape index (κ3) is 4.13. The SMILES string of the molecule is COC(=O)c1c(OC(F)(F)F)cnc(CCl)c1C(F)(F)F. The summed E-state index contributed by atoms with van der Waals surface area (Å²) in [6.45, 7) is 0. The van der Waals surface area contributed by atoms with E-state index in [0.717, 1.165) is 0 Å². The summed E-state index contributed by atoms with van der Waals surface area (Å²) < 4.78 is 82.9. The van der Waals surface area contributed by atoms with Crippen molar-refractivity contribution in [1.82, 2.24) is 4.98 Å². The fraction of sp³-hybridized carbons (Fsp3) is 0.400. The fourth-order valence-electron chi connectivity index (χ4n) is 1.45. The number of hydrogen-bond donors (Lipinski definition) is 0. The highest BCUT2D eigenvalue weighted by Gasteiger charge is 2.43. The summed E-state index contributed by atoms with van der Waals surface area (Å²) in [6.07, 6.45) is -10.2. The number of carbonyl (C=O) groups is 1. The summed E-state index contributed by atoms with van der Waals surface area (Å²) in [6, 6.07) is 0. The van der Waals surface area contributed by atoms with Crippen LogP contribution >= 0.6 is 11.6 Å². The number of alkyl halides is 7. The van der Waals surface area contributed by atoms with Crippen molar-refractivity contribution >= 4 is 17.6 Å². The Kier molecular flexibility index (Phi) is 4.92. The first-order valence-electron chi connectivity index (χ1n) is 5.00. The maximum atomic E-state index is 13.0. The number of methoxy groups -OCH3 is 1. The van der Waals surface area contributed by atoms with Gasteiger partial charge in [-0.25, -0.2) is 4.79 Å². The summed E-state index contributed by atoms with van der Waals surface area (Å²) in [5, 5.41) is 0. The lowest BCUT2D eigenvalue weighted by Gasteiger charge is -2.18. The highest BCUT2D eigenvalue weighted by molar-refractivity contribution is 6.17. The quantitative estimate of drug-likeness (QED) is 0.481. The molecule has 11 heteroatoms. The van der Waals surface area contributed by atoms with E-state index in [1.807, 2.05) is 0 Å². The van der Waals surface area contributed by atoms with Crippen LogP contribution in [0.4, 0.5) is 26.3 Å². The second-order valence-electron chi connectivity index (χ2n) is 3.49. The van der Waals surface area contributed by atoms with Crippen molar-refractivity contribution in [3.63, 3.8) is 0 Å². The average molecular weight is 338 g/mol. The van der Waals surface area contributed by atoms with Gasteiger partial charge in [-0.1, -0.05) is 0 Å². The van der Waals surface area contributed by atoms with Gasteiger partial charge in [-0.2, -0.15) is 13.2 Å². The molecule has 21 heavy (non-hydrogen) atoms. The Morgan fingerprint density at radius 2 is 1.86 bits per heavy atom. The van der Waals surface area contributed by atoms with Crippen molar-refractivity contribution in [2.24, 2.45) is 0 Å². The zero-order valence-corrected chi connectivity index (χ0v) is 10.9. The minimum Gasteiger partial charge on any atom is -0.465 e. The van der Waals surface area contributed by atoms with E-state index < -0.39 is 47.0 Å². The number of nitrogens with zero attached hydrogens (tertiary/aromatic N) is 1. The molecule has 0 aliphatic carbocycles. The van der Waals surface area contributed by atoms with Crippen molar-refractivity contribution in [3.8, 4) is 5.75 Å². The van der Waals surface area contributed by atoms with Gasteiger partial charge in [-0.3, -0.25) is 4.98 Å². The highest BCUT2D eigenvalue weighted by Crippen LogP contribution is 2.39. The molecule has 4 nitrogen and oxygen atoms in total.